The van der Waals surface area contributed by atoms with Crippen molar-refractivity contribution in [3.8, 4) is 0 Å². The molecule has 14 heavy (non-hydrogen) atoms. The summed E-state index contributed by atoms with van der Waals surface area (Å²) in [6.07, 6.45) is -4.28. The largest absolute Gasteiger partial charge is 0.401 e. The first-order valence-electron chi connectivity index (χ1n) is 4.10. The quantitative estimate of drug-likeness (QED) is 0.657. The molecule has 0 rings (SSSR count). The van der Waals surface area contributed by atoms with Crippen molar-refractivity contribution in [2.45, 2.75) is 19.1 Å². The molecule has 1 atom stereocenters. The Morgan fingerprint density at radius 2 is 2.00 bits per heavy atom. The average Bonchev–Trinajstić information content (AvgIpc) is 2.00. The van der Waals surface area contributed by atoms with E-state index < -0.39 is 24.7 Å². The summed E-state index contributed by atoms with van der Waals surface area (Å²) in [7, 11) is 0. The van der Waals surface area contributed by atoms with Crippen molar-refractivity contribution in [3.63, 3.8) is 0 Å². The van der Waals surface area contributed by atoms with Crippen LogP contribution in [0.4, 0.5) is 13.2 Å². The van der Waals surface area contributed by atoms with Crippen molar-refractivity contribution in [2.24, 2.45) is 11.5 Å². The first-order valence-corrected chi connectivity index (χ1v) is 4.10. The number of hydrogen-bond donors (Lipinski definition) is 2. The van der Waals surface area contributed by atoms with E-state index in [-0.39, 0.29) is 13.1 Å². The van der Waals surface area contributed by atoms with Crippen LogP contribution in [0.1, 0.15) is 6.92 Å². The van der Waals surface area contributed by atoms with Gasteiger partial charge in [-0.2, -0.15) is 13.2 Å². The third kappa shape index (κ3) is 5.76. The van der Waals surface area contributed by atoms with Gasteiger partial charge in [-0.15, -0.1) is 0 Å². The van der Waals surface area contributed by atoms with Gasteiger partial charge in [0.15, 0.2) is 0 Å². The lowest BCUT2D eigenvalue weighted by molar-refractivity contribution is -0.147. The number of nitrogens with two attached hydrogens (primary N) is 2. The lowest BCUT2D eigenvalue weighted by Crippen LogP contribution is -2.48. The molecular formula is C7H14F3N3O. The lowest BCUT2D eigenvalue weighted by atomic mass is 10.2. The molecule has 0 saturated carbocycles. The first kappa shape index (κ1) is 13.2. The number of alkyl halides is 3. The van der Waals surface area contributed by atoms with Crippen molar-refractivity contribution in [1.29, 1.82) is 0 Å². The smallest absolute Gasteiger partial charge is 0.368 e. The van der Waals surface area contributed by atoms with E-state index in [0.29, 0.717) is 0 Å². The molecule has 0 fully saturated rings. The van der Waals surface area contributed by atoms with Gasteiger partial charge in [-0.1, -0.05) is 6.92 Å². The van der Waals surface area contributed by atoms with E-state index in [1.54, 1.807) is 6.92 Å². The molecule has 4 N–H and O–H groups in total. The molecule has 0 heterocycles. The van der Waals surface area contributed by atoms with E-state index in [1.807, 2.05) is 0 Å². The Kier molecular flexibility index (Phi) is 4.86. The van der Waals surface area contributed by atoms with Crippen LogP contribution in [0.5, 0.6) is 0 Å². The van der Waals surface area contributed by atoms with Crippen LogP contribution in [-0.2, 0) is 4.79 Å². The molecule has 84 valence electrons. The van der Waals surface area contributed by atoms with E-state index in [1.165, 1.54) is 0 Å². The predicted octanol–water partition coefficient (Wildman–Crippen LogP) is -0.317. The molecular weight excluding hydrogens is 199 g/mol. The van der Waals surface area contributed by atoms with Gasteiger partial charge in [0, 0.05) is 6.54 Å². The molecule has 1 amide bonds. The first-order chi connectivity index (χ1) is 6.26. The number of amides is 1. The van der Waals surface area contributed by atoms with E-state index in [2.05, 4.69) is 0 Å². The number of rotatable bonds is 5. The number of likely N-dealkylation sites (N-methyl/N-ethyl adjacent to an activating group) is 1. The average molecular weight is 213 g/mol. The second-order valence-corrected chi connectivity index (χ2v) is 2.95. The molecule has 0 radical (unpaired) electrons. The Labute approximate surface area is 80.0 Å². The molecule has 0 bridgehead atoms. The van der Waals surface area contributed by atoms with Gasteiger partial charge in [0.05, 0.1) is 12.6 Å². The summed E-state index contributed by atoms with van der Waals surface area (Å²) in [6, 6.07) is -1.06. The maximum Gasteiger partial charge on any atom is 0.401 e. The monoisotopic (exact) mass is 213 g/mol. The fraction of sp³-hybridized carbons (Fsp3) is 0.857. The Hall–Kier alpha value is -0.820. The van der Waals surface area contributed by atoms with Crippen molar-refractivity contribution in [3.05, 3.63) is 0 Å². The zero-order valence-electron chi connectivity index (χ0n) is 7.84. The Morgan fingerprint density at radius 1 is 1.50 bits per heavy atom. The summed E-state index contributed by atoms with van der Waals surface area (Å²) in [5.74, 6) is -0.800. The molecule has 7 heteroatoms. The maximum atomic E-state index is 11.9. The van der Waals surface area contributed by atoms with Crippen molar-refractivity contribution < 1.29 is 18.0 Å². The molecule has 0 aromatic heterocycles. The molecule has 0 aliphatic rings. The summed E-state index contributed by atoms with van der Waals surface area (Å²) in [5.41, 5.74) is 10.1. The number of hydrogen-bond acceptors (Lipinski definition) is 3. The molecule has 0 aliphatic heterocycles. The third-order valence-corrected chi connectivity index (χ3v) is 1.67. The highest BCUT2D eigenvalue weighted by Crippen LogP contribution is 2.16. The highest BCUT2D eigenvalue weighted by atomic mass is 19.4. The van der Waals surface area contributed by atoms with Crippen LogP contribution >= 0.6 is 0 Å². The van der Waals surface area contributed by atoms with Crippen LogP contribution in [0.25, 0.3) is 0 Å². The fourth-order valence-electron chi connectivity index (χ4n) is 0.927. The normalized spacial score (nSPS) is 14.4. The Bertz CT molecular complexity index is 195. The standard InChI is InChI=1S/C7H14F3N3O/c1-2-13(4-7(8,9)10)3-5(11)6(12)14/h5H,2-4,11H2,1H3,(H2,12,14). The van der Waals surface area contributed by atoms with Crippen LogP contribution < -0.4 is 11.5 Å². The predicted molar refractivity (Wildman–Crippen MR) is 45.3 cm³/mol. The van der Waals surface area contributed by atoms with Gasteiger partial charge >= 0.3 is 6.18 Å². The molecule has 0 aromatic carbocycles. The van der Waals surface area contributed by atoms with Crippen LogP contribution in [-0.4, -0.2) is 42.7 Å². The topological polar surface area (TPSA) is 72.3 Å². The zero-order chi connectivity index (χ0) is 11.4. The van der Waals surface area contributed by atoms with E-state index in [0.717, 1.165) is 4.90 Å². The van der Waals surface area contributed by atoms with Crippen LogP contribution in [0.3, 0.4) is 0 Å². The lowest BCUT2D eigenvalue weighted by Gasteiger charge is -2.23. The van der Waals surface area contributed by atoms with E-state index in [4.69, 9.17) is 11.5 Å². The van der Waals surface area contributed by atoms with Gasteiger partial charge in [0.1, 0.15) is 0 Å². The minimum absolute atomic E-state index is 0.167. The van der Waals surface area contributed by atoms with Gasteiger partial charge in [0.2, 0.25) is 5.91 Å². The Morgan fingerprint density at radius 3 is 2.29 bits per heavy atom. The van der Waals surface area contributed by atoms with Crippen LogP contribution in [0, 0.1) is 0 Å². The summed E-state index contributed by atoms with van der Waals surface area (Å²) >= 11 is 0. The molecule has 1 unspecified atom stereocenters. The second kappa shape index (κ2) is 5.16. The van der Waals surface area contributed by atoms with Gasteiger partial charge in [0.25, 0.3) is 0 Å². The number of halogens is 3. The summed E-state index contributed by atoms with van der Waals surface area (Å²) in [4.78, 5) is 11.5. The maximum absolute atomic E-state index is 11.9. The molecule has 0 aromatic rings. The third-order valence-electron chi connectivity index (χ3n) is 1.67. The number of nitrogens with zero attached hydrogens (tertiary/aromatic N) is 1. The summed E-state index contributed by atoms with van der Waals surface area (Å²) in [5, 5.41) is 0. The minimum Gasteiger partial charge on any atom is -0.368 e. The molecule has 0 saturated heterocycles. The van der Waals surface area contributed by atoms with Crippen LogP contribution in [0.2, 0.25) is 0 Å². The van der Waals surface area contributed by atoms with Crippen molar-refractivity contribution >= 4 is 5.91 Å². The zero-order valence-corrected chi connectivity index (χ0v) is 7.84. The SMILES string of the molecule is CCN(CC(N)C(N)=O)CC(F)(F)F. The highest BCUT2D eigenvalue weighted by molar-refractivity contribution is 5.79. The fourth-order valence-corrected chi connectivity index (χ4v) is 0.927. The van der Waals surface area contributed by atoms with Crippen molar-refractivity contribution in [2.75, 3.05) is 19.6 Å². The van der Waals surface area contributed by atoms with E-state index >= 15 is 0 Å². The Balaban J connectivity index is 4.10. The minimum atomic E-state index is -4.28. The number of primary amides is 1. The highest BCUT2D eigenvalue weighted by Gasteiger charge is 2.31. The second-order valence-electron chi connectivity index (χ2n) is 2.95. The van der Waals surface area contributed by atoms with Gasteiger partial charge in [-0.3, -0.25) is 9.69 Å². The molecule has 0 aliphatic carbocycles. The van der Waals surface area contributed by atoms with E-state index in [9.17, 15) is 18.0 Å². The summed E-state index contributed by atoms with van der Waals surface area (Å²) in [6.45, 7) is 0.468. The number of carbonyl (C=O) groups is 1. The van der Waals surface area contributed by atoms with Gasteiger partial charge in [-0.05, 0) is 6.54 Å². The number of carbonyl (C=O) groups excluding carboxylic acids is 1. The van der Waals surface area contributed by atoms with Gasteiger partial charge in [-0.25, -0.2) is 0 Å². The molecule has 0 spiro atoms. The van der Waals surface area contributed by atoms with Gasteiger partial charge < -0.3 is 11.5 Å². The molecule has 4 nitrogen and oxygen atoms in total. The van der Waals surface area contributed by atoms with Crippen LogP contribution in [0.15, 0.2) is 0 Å². The van der Waals surface area contributed by atoms with Crippen molar-refractivity contribution in [1.82, 2.24) is 4.90 Å². The summed E-state index contributed by atoms with van der Waals surface area (Å²) < 4.78 is 35.8.